The molecule has 2 N–H and O–H groups in total. The number of carbonyl (C=O) groups excluding carboxylic acids is 1. The summed E-state index contributed by atoms with van der Waals surface area (Å²) in [5, 5.41) is 13.0. The molecule has 1 atom stereocenters. The molecule has 9 heteroatoms. The van der Waals surface area contributed by atoms with Crippen LogP contribution in [0.3, 0.4) is 0 Å². The first-order chi connectivity index (χ1) is 15.0. The molecular weight excluding hydrogens is 424 g/mol. The maximum Gasteiger partial charge on any atom is 0.339 e. The van der Waals surface area contributed by atoms with Gasteiger partial charge < -0.3 is 29.2 Å². The number of halogens is 1. The van der Waals surface area contributed by atoms with Crippen molar-refractivity contribution in [1.29, 1.82) is 0 Å². The first-order valence-corrected chi connectivity index (χ1v) is 9.86. The number of rotatable bonds is 4. The lowest BCUT2D eigenvalue weighted by molar-refractivity contribution is -0.116. The number of carboxylic acids is 1. The van der Waals surface area contributed by atoms with Gasteiger partial charge in [-0.1, -0.05) is 17.7 Å². The number of nitrogens with zero attached hydrogens (tertiary/aromatic N) is 1. The van der Waals surface area contributed by atoms with Crippen LogP contribution in [0.15, 0.2) is 42.6 Å². The minimum Gasteiger partial charge on any atom is -0.493 e. The maximum absolute atomic E-state index is 12.6. The van der Waals surface area contributed by atoms with E-state index in [4.69, 9.17) is 25.8 Å². The van der Waals surface area contributed by atoms with E-state index in [0.29, 0.717) is 33.7 Å². The Morgan fingerprint density at radius 1 is 1.29 bits per heavy atom. The topological polar surface area (TPSA) is 99.0 Å². The van der Waals surface area contributed by atoms with Crippen molar-refractivity contribution < 1.29 is 28.9 Å². The first-order valence-electron chi connectivity index (χ1n) is 9.48. The molecule has 3 aromatic rings. The van der Waals surface area contributed by atoms with Crippen LogP contribution >= 0.6 is 11.6 Å². The third-order valence-electron chi connectivity index (χ3n) is 5.43. The molecule has 0 aliphatic carbocycles. The second-order valence-corrected chi connectivity index (χ2v) is 7.66. The highest BCUT2D eigenvalue weighted by Gasteiger charge is 2.36. The van der Waals surface area contributed by atoms with E-state index < -0.39 is 11.9 Å². The Morgan fingerprint density at radius 3 is 2.87 bits per heavy atom. The molecule has 31 heavy (non-hydrogen) atoms. The van der Waals surface area contributed by atoms with Crippen molar-refractivity contribution in [3.63, 3.8) is 0 Å². The molecule has 0 fully saturated rings. The molecule has 1 amide bonds. The quantitative estimate of drug-likeness (QED) is 0.635. The molecule has 2 aromatic carbocycles. The minimum absolute atomic E-state index is 0.000679. The van der Waals surface area contributed by atoms with Gasteiger partial charge in [0.1, 0.15) is 5.56 Å². The summed E-state index contributed by atoms with van der Waals surface area (Å²) in [4.78, 5) is 24.5. The number of nitrogens with one attached hydrogen (secondary N) is 1. The Labute approximate surface area is 181 Å². The number of methoxy groups -OCH3 is 1. The number of ether oxygens (including phenoxy) is 3. The van der Waals surface area contributed by atoms with Crippen molar-refractivity contribution in [3.05, 3.63) is 64.4 Å². The molecule has 3 heterocycles. The predicted octanol–water partition coefficient (Wildman–Crippen LogP) is 4.04. The SMILES string of the molecule is COc1cc([C@@H]2CC(=O)Nc3c(C(=O)O)cn(-c4cccc(Cl)c4)c32)cc2c1OCO2. The Kier molecular flexibility index (Phi) is 4.51. The van der Waals surface area contributed by atoms with E-state index >= 15 is 0 Å². The number of aromatic carboxylic acids is 1. The predicted molar refractivity (Wildman–Crippen MR) is 112 cm³/mol. The van der Waals surface area contributed by atoms with E-state index in [1.807, 2.05) is 6.07 Å². The number of fused-ring (bicyclic) bond motifs is 2. The Balaban J connectivity index is 1.75. The molecule has 0 unspecified atom stereocenters. The number of amides is 1. The highest BCUT2D eigenvalue weighted by molar-refractivity contribution is 6.30. The zero-order chi connectivity index (χ0) is 21.7. The molecule has 0 bridgehead atoms. The summed E-state index contributed by atoms with van der Waals surface area (Å²) in [5.74, 6) is -0.359. The maximum atomic E-state index is 12.6. The third-order valence-corrected chi connectivity index (χ3v) is 5.66. The van der Waals surface area contributed by atoms with E-state index in [9.17, 15) is 14.7 Å². The van der Waals surface area contributed by atoms with Crippen LogP contribution in [0.1, 0.15) is 34.0 Å². The van der Waals surface area contributed by atoms with Crippen molar-refractivity contribution in [2.45, 2.75) is 12.3 Å². The number of benzene rings is 2. The molecule has 8 nitrogen and oxygen atoms in total. The number of hydrogen-bond donors (Lipinski definition) is 2. The molecule has 158 valence electrons. The lowest BCUT2D eigenvalue weighted by Crippen LogP contribution is -2.25. The van der Waals surface area contributed by atoms with Gasteiger partial charge >= 0.3 is 5.97 Å². The van der Waals surface area contributed by atoms with Crippen molar-refractivity contribution in [2.75, 3.05) is 19.2 Å². The van der Waals surface area contributed by atoms with Crippen molar-refractivity contribution in [3.8, 4) is 22.9 Å². The van der Waals surface area contributed by atoms with Gasteiger partial charge in [-0.2, -0.15) is 0 Å². The van der Waals surface area contributed by atoms with E-state index in [0.717, 1.165) is 5.56 Å². The average molecular weight is 441 g/mol. The van der Waals surface area contributed by atoms with Crippen LogP contribution in [-0.2, 0) is 4.79 Å². The van der Waals surface area contributed by atoms with Crippen molar-refractivity contribution in [1.82, 2.24) is 4.57 Å². The largest absolute Gasteiger partial charge is 0.493 e. The van der Waals surface area contributed by atoms with Crippen LogP contribution in [0.5, 0.6) is 17.2 Å². The molecular formula is C22H17ClN2O6. The Hall–Kier alpha value is -3.65. The zero-order valence-electron chi connectivity index (χ0n) is 16.3. The van der Waals surface area contributed by atoms with E-state index in [2.05, 4.69) is 5.32 Å². The van der Waals surface area contributed by atoms with Gasteiger partial charge in [0.15, 0.2) is 11.5 Å². The average Bonchev–Trinajstić information content (AvgIpc) is 3.37. The van der Waals surface area contributed by atoms with Crippen LogP contribution in [0, 0.1) is 0 Å². The normalized spacial score (nSPS) is 16.6. The molecule has 2 aliphatic rings. The van der Waals surface area contributed by atoms with Gasteiger partial charge in [-0.3, -0.25) is 4.79 Å². The molecule has 0 spiro atoms. The standard InChI is InChI=1S/C22H17ClN2O6/c1-29-16-5-11(6-17-21(16)31-10-30-17)14-8-18(26)24-19-15(22(27)28)9-25(20(14)19)13-4-2-3-12(23)7-13/h2-7,9,14H,8,10H2,1H3,(H,24,26)(H,27,28)/t14-/m0/s1. The van der Waals surface area contributed by atoms with Crippen molar-refractivity contribution in [2.24, 2.45) is 0 Å². The van der Waals surface area contributed by atoms with E-state index in [-0.39, 0.29) is 30.4 Å². The van der Waals surface area contributed by atoms with E-state index in [1.54, 1.807) is 34.9 Å². The Bertz CT molecular complexity index is 1230. The third kappa shape index (κ3) is 3.16. The van der Waals surface area contributed by atoms with Gasteiger partial charge in [-0.25, -0.2) is 4.79 Å². The second kappa shape index (κ2) is 7.24. The zero-order valence-corrected chi connectivity index (χ0v) is 17.1. The summed E-state index contributed by atoms with van der Waals surface area (Å²) < 4.78 is 18.2. The molecule has 0 saturated carbocycles. The summed E-state index contributed by atoms with van der Waals surface area (Å²) in [6, 6.07) is 10.7. The van der Waals surface area contributed by atoms with Crippen LogP contribution in [0.25, 0.3) is 5.69 Å². The van der Waals surface area contributed by atoms with E-state index in [1.165, 1.54) is 13.3 Å². The summed E-state index contributed by atoms with van der Waals surface area (Å²) in [6.45, 7) is 0.0770. The lowest BCUT2D eigenvalue weighted by Gasteiger charge is -2.26. The highest BCUT2D eigenvalue weighted by atomic mass is 35.5. The van der Waals surface area contributed by atoms with Crippen LogP contribution in [-0.4, -0.2) is 35.5 Å². The van der Waals surface area contributed by atoms with Gasteiger partial charge in [-0.15, -0.1) is 0 Å². The number of hydrogen-bond acceptors (Lipinski definition) is 5. The van der Waals surface area contributed by atoms with Crippen LogP contribution in [0.4, 0.5) is 5.69 Å². The summed E-state index contributed by atoms with van der Waals surface area (Å²) >= 11 is 6.18. The lowest BCUT2D eigenvalue weighted by atomic mass is 9.87. The number of aromatic nitrogens is 1. The van der Waals surface area contributed by atoms with Crippen LogP contribution in [0.2, 0.25) is 5.02 Å². The molecule has 0 saturated heterocycles. The van der Waals surface area contributed by atoms with Gasteiger partial charge in [0.25, 0.3) is 0 Å². The van der Waals surface area contributed by atoms with Crippen LogP contribution < -0.4 is 19.5 Å². The fraction of sp³-hybridized carbons (Fsp3) is 0.182. The second-order valence-electron chi connectivity index (χ2n) is 7.22. The molecule has 5 rings (SSSR count). The summed E-state index contributed by atoms with van der Waals surface area (Å²) in [5.41, 5.74) is 2.34. The monoisotopic (exact) mass is 440 g/mol. The summed E-state index contributed by atoms with van der Waals surface area (Å²) in [7, 11) is 1.53. The van der Waals surface area contributed by atoms with Gasteiger partial charge in [-0.05, 0) is 35.9 Å². The van der Waals surface area contributed by atoms with Gasteiger partial charge in [0, 0.05) is 29.2 Å². The fourth-order valence-corrected chi connectivity index (χ4v) is 4.28. The van der Waals surface area contributed by atoms with Gasteiger partial charge in [0.2, 0.25) is 18.4 Å². The van der Waals surface area contributed by atoms with Gasteiger partial charge in [0.05, 0.1) is 18.5 Å². The Morgan fingerprint density at radius 2 is 2.13 bits per heavy atom. The smallest absolute Gasteiger partial charge is 0.339 e. The van der Waals surface area contributed by atoms with Crippen molar-refractivity contribution >= 4 is 29.2 Å². The molecule has 2 aliphatic heterocycles. The fourth-order valence-electron chi connectivity index (χ4n) is 4.10. The molecule has 0 radical (unpaired) electrons. The number of anilines is 1. The minimum atomic E-state index is -1.14. The number of carboxylic acid groups (broad SMARTS) is 1. The summed E-state index contributed by atoms with van der Waals surface area (Å²) in [6.07, 6.45) is 1.63. The first kappa shape index (κ1) is 19.3. The molecule has 1 aromatic heterocycles. The number of carbonyl (C=O) groups is 2. The highest BCUT2D eigenvalue weighted by Crippen LogP contribution is 2.48.